The van der Waals surface area contributed by atoms with Crippen molar-refractivity contribution in [2.75, 3.05) is 17.2 Å². The number of anilines is 2. The fraction of sp³-hybridized carbons (Fsp3) is 0.273. The highest BCUT2D eigenvalue weighted by molar-refractivity contribution is 6.01. The highest BCUT2D eigenvalue weighted by Crippen LogP contribution is 2.08. The number of hydrogen-bond acceptors (Lipinski definition) is 6. The van der Waals surface area contributed by atoms with Gasteiger partial charge in [0.1, 0.15) is 17.8 Å². The van der Waals surface area contributed by atoms with Crippen molar-refractivity contribution in [3.8, 4) is 0 Å². The molecule has 2 aromatic heterocycles. The monoisotopic (exact) mass is 247 g/mol. The predicted molar refractivity (Wildman–Crippen MR) is 65.4 cm³/mol. The minimum atomic E-state index is -0.413. The van der Waals surface area contributed by atoms with Crippen molar-refractivity contribution in [3.63, 3.8) is 0 Å². The summed E-state index contributed by atoms with van der Waals surface area (Å²) in [6, 6.07) is 0.146. The number of aromatic nitrogens is 3. The number of hydrogen-bond donors (Lipinski definition) is 2. The first kappa shape index (κ1) is 12.0. The quantitative estimate of drug-likeness (QED) is 0.849. The van der Waals surface area contributed by atoms with Gasteiger partial charge >= 0.3 is 6.01 Å². The standard InChI is InChI=1S/C11H13N5O2/c1-3-13-9-5-12-4-8(15-9)10(17)16-11-14-7(2)6-18-11/h4-6H,3H2,1-2H3,(H,13,15)(H,14,16,17). The Balaban J connectivity index is 2.11. The molecule has 2 N–H and O–H groups in total. The van der Waals surface area contributed by atoms with Crippen LogP contribution in [-0.2, 0) is 0 Å². The zero-order chi connectivity index (χ0) is 13.0. The Kier molecular flexibility index (Phi) is 3.52. The maximum Gasteiger partial charge on any atom is 0.301 e. The van der Waals surface area contributed by atoms with Crippen LogP contribution in [0.4, 0.5) is 11.8 Å². The Hall–Kier alpha value is -2.44. The molecule has 7 heteroatoms. The van der Waals surface area contributed by atoms with Gasteiger partial charge in [-0.1, -0.05) is 0 Å². The molecule has 7 nitrogen and oxygen atoms in total. The summed E-state index contributed by atoms with van der Waals surface area (Å²) < 4.78 is 5.03. The lowest BCUT2D eigenvalue weighted by Crippen LogP contribution is -2.15. The van der Waals surface area contributed by atoms with Crippen LogP contribution in [0.3, 0.4) is 0 Å². The third-order valence-electron chi connectivity index (χ3n) is 2.06. The average Bonchev–Trinajstić information content (AvgIpc) is 2.75. The van der Waals surface area contributed by atoms with Crippen molar-refractivity contribution in [3.05, 3.63) is 30.0 Å². The van der Waals surface area contributed by atoms with E-state index in [1.54, 1.807) is 13.1 Å². The van der Waals surface area contributed by atoms with E-state index in [-0.39, 0.29) is 11.7 Å². The molecule has 0 saturated heterocycles. The molecule has 0 bridgehead atoms. The Morgan fingerprint density at radius 1 is 1.39 bits per heavy atom. The summed E-state index contributed by atoms with van der Waals surface area (Å²) in [7, 11) is 0. The molecule has 0 atom stereocenters. The number of carbonyl (C=O) groups excluding carboxylic acids is 1. The molecule has 18 heavy (non-hydrogen) atoms. The molecular formula is C11H13N5O2. The summed E-state index contributed by atoms with van der Waals surface area (Å²) in [6.45, 7) is 4.41. The van der Waals surface area contributed by atoms with Crippen molar-refractivity contribution in [2.45, 2.75) is 13.8 Å². The van der Waals surface area contributed by atoms with E-state index in [0.29, 0.717) is 18.1 Å². The molecule has 2 rings (SSSR count). The lowest BCUT2D eigenvalue weighted by atomic mass is 10.4. The van der Waals surface area contributed by atoms with Gasteiger partial charge in [0.25, 0.3) is 5.91 Å². The minimum Gasteiger partial charge on any atom is -0.432 e. The van der Waals surface area contributed by atoms with Gasteiger partial charge in [0.2, 0.25) is 0 Å². The highest BCUT2D eigenvalue weighted by atomic mass is 16.4. The molecule has 0 aliphatic heterocycles. The molecular weight excluding hydrogens is 234 g/mol. The van der Waals surface area contributed by atoms with Crippen molar-refractivity contribution in [1.29, 1.82) is 0 Å². The van der Waals surface area contributed by atoms with E-state index < -0.39 is 5.91 Å². The maximum atomic E-state index is 11.8. The number of amides is 1. The first-order chi connectivity index (χ1) is 8.69. The normalized spacial score (nSPS) is 10.1. The third kappa shape index (κ3) is 2.82. The van der Waals surface area contributed by atoms with Crippen molar-refractivity contribution >= 4 is 17.7 Å². The van der Waals surface area contributed by atoms with Crippen LogP contribution in [0, 0.1) is 6.92 Å². The van der Waals surface area contributed by atoms with Crippen LogP contribution in [0.2, 0.25) is 0 Å². The lowest BCUT2D eigenvalue weighted by Gasteiger charge is -2.03. The van der Waals surface area contributed by atoms with E-state index in [1.807, 2.05) is 6.92 Å². The van der Waals surface area contributed by atoms with E-state index in [2.05, 4.69) is 25.6 Å². The molecule has 94 valence electrons. The first-order valence-electron chi connectivity index (χ1n) is 5.48. The van der Waals surface area contributed by atoms with Crippen LogP contribution >= 0.6 is 0 Å². The number of nitrogens with zero attached hydrogens (tertiary/aromatic N) is 3. The summed E-state index contributed by atoms with van der Waals surface area (Å²) in [5, 5.41) is 5.48. The third-order valence-corrected chi connectivity index (χ3v) is 2.06. The van der Waals surface area contributed by atoms with Gasteiger partial charge in [0.15, 0.2) is 0 Å². The van der Waals surface area contributed by atoms with Crippen molar-refractivity contribution < 1.29 is 9.21 Å². The molecule has 0 saturated carbocycles. The largest absolute Gasteiger partial charge is 0.432 e. The molecule has 2 heterocycles. The second-order valence-electron chi connectivity index (χ2n) is 3.57. The van der Waals surface area contributed by atoms with Crippen LogP contribution in [-0.4, -0.2) is 27.4 Å². The maximum absolute atomic E-state index is 11.8. The summed E-state index contributed by atoms with van der Waals surface area (Å²) >= 11 is 0. The van der Waals surface area contributed by atoms with Gasteiger partial charge in [-0.2, -0.15) is 4.98 Å². The van der Waals surface area contributed by atoms with Crippen LogP contribution in [0.15, 0.2) is 23.1 Å². The second-order valence-corrected chi connectivity index (χ2v) is 3.57. The molecule has 0 aliphatic rings. The van der Waals surface area contributed by atoms with E-state index >= 15 is 0 Å². The number of nitrogens with one attached hydrogen (secondary N) is 2. The number of oxazole rings is 1. The van der Waals surface area contributed by atoms with Crippen LogP contribution in [0.25, 0.3) is 0 Å². The summed E-state index contributed by atoms with van der Waals surface area (Å²) in [4.78, 5) is 23.9. The van der Waals surface area contributed by atoms with Gasteiger partial charge in [-0.25, -0.2) is 4.98 Å². The molecule has 0 fully saturated rings. The fourth-order valence-electron chi connectivity index (χ4n) is 1.31. The molecule has 0 spiro atoms. The Morgan fingerprint density at radius 2 is 2.22 bits per heavy atom. The van der Waals surface area contributed by atoms with Crippen LogP contribution in [0.5, 0.6) is 0 Å². The number of rotatable bonds is 4. The van der Waals surface area contributed by atoms with E-state index in [9.17, 15) is 4.79 Å². The van der Waals surface area contributed by atoms with Gasteiger partial charge in [0, 0.05) is 6.54 Å². The Morgan fingerprint density at radius 3 is 2.89 bits per heavy atom. The highest BCUT2D eigenvalue weighted by Gasteiger charge is 2.11. The smallest absolute Gasteiger partial charge is 0.301 e. The molecule has 0 aliphatic carbocycles. The predicted octanol–water partition coefficient (Wildman–Crippen LogP) is 1.46. The van der Waals surface area contributed by atoms with Crippen LogP contribution in [0.1, 0.15) is 23.1 Å². The van der Waals surface area contributed by atoms with Crippen molar-refractivity contribution in [2.24, 2.45) is 0 Å². The Labute approximate surface area is 104 Å². The first-order valence-corrected chi connectivity index (χ1v) is 5.48. The second kappa shape index (κ2) is 5.26. The summed E-state index contributed by atoms with van der Waals surface area (Å²) in [5.41, 5.74) is 0.891. The molecule has 0 aromatic carbocycles. The van der Waals surface area contributed by atoms with Gasteiger partial charge < -0.3 is 9.73 Å². The van der Waals surface area contributed by atoms with Gasteiger partial charge in [-0.05, 0) is 13.8 Å². The average molecular weight is 247 g/mol. The zero-order valence-electron chi connectivity index (χ0n) is 10.1. The number of carbonyl (C=O) groups is 1. The van der Waals surface area contributed by atoms with Gasteiger partial charge in [-0.15, -0.1) is 0 Å². The fourth-order valence-corrected chi connectivity index (χ4v) is 1.31. The topological polar surface area (TPSA) is 92.9 Å². The van der Waals surface area contributed by atoms with E-state index in [1.165, 1.54) is 12.5 Å². The van der Waals surface area contributed by atoms with E-state index in [4.69, 9.17) is 4.42 Å². The van der Waals surface area contributed by atoms with Crippen LogP contribution < -0.4 is 10.6 Å². The minimum absolute atomic E-state index is 0.146. The Bertz CT molecular complexity index is 552. The number of aryl methyl sites for hydroxylation is 1. The molecule has 1 amide bonds. The zero-order valence-corrected chi connectivity index (χ0v) is 10.1. The van der Waals surface area contributed by atoms with Gasteiger partial charge in [0.05, 0.1) is 18.1 Å². The van der Waals surface area contributed by atoms with Crippen molar-refractivity contribution in [1.82, 2.24) is 15.0 Å². The summed E-state index contributed by atoms with van der Waals surface area (Å²) in [6.07, 6.45) is 4.39. The molecule has 0 radical (unpaired) electrons. The molecule has 2 aromatic rings. The van der Waals surface area contributed by atoms with E-state index in [0.717, 1.165) is 0 Å². The van der Waals surface area contributed by atoms with Gasteiger partial charge in [-0.3, -0.25) is 15.1 Å². The summed E-state index contributed by atoms with van der Waals surface area (Å²) in [5.74, 6) is 0.137. The molecule has 0 unspecified atom stereocenters. The lowest BCUT2D eigenvalue weighted by molar-refractivity contribution is 0.101. The SMILES string of the molecule is CCNc1cncc(C(=O)Nc2nc(C)co2)n1.